The van der Waals surface area contributed by atoms with E-state index in [1.54, 1.807) is 13.2 Å². The van der Waals surface area contributed by atoms with Gasteiger partial charge >= 0.3 is 0 Å². The quantitative estimate of drug-likeness (QED) is 0.862. The topological polar surface area (TPSA) is 21.3 Å². The number of nitrogens with one attached hydrogen (secondary N) is 1. The smallest absolute Gasteiger partial charge is 0.145 e. The van der Waals surface area contributed by atoms with Crippen LogP contribution in [-0.2, 0) is 0 Å². The van der Waals surface area contributed by atoms with Crippen LogP contribution in [0.15, 0.2) is 12.1 Å². The van der Waals surface area contributed by atoms with Gasteiger partial charge in [-0.2, -0.15) is 0 Å². The Morgan fingerprint density at radius 1 is 1.50 bits per heavy atom. The summed E-state index contributed by atoms with van der Waals surface area (Å²) in [4.78, 5) is 0. The molecule has 1 aromatic carbocycles. The summed E-state index contributed by atoms with van der Waals surface area (Å²) >= 11 is 5.81. The van der Waals surface area contributed by atoms with Gasteiger partial charge in [-0.25, -0.2) is 4.39 Å². The average molecular weight is 244 g/mol. The van der Waals surface area contributed by atoms with Crippen LogP contribution in [0.2, 0.25) is 5.02 Å². The van der Waals surface area contributed by atoms with Crippen LogP contribution in [0, 0.1) is 5.82 Å². The van der Waals surface area contributed by atoms with Crippen molar-refractivity contribution in [2.45, 2.75) is 18.8 Å². The highest BCUT2D eigenvalue weighted by molar-refractivity contribution is 6.30. The summed E-state index contributed by atoms with van der Waals surface area (Å²) in [5.74, 6) is 0.531. The van der Waals surface area contributed by atoms with Crippen LogP contribution in [0.25, 0.3) is 0 Å². The Labute approximate surface area is 99.7 Å². The number of benzene rings is 1. The van der Waals surface area contributed by atoms with Crippen molar-refractivity contribution in [1.29, 1.82) is 0 Å². The molecule has 0 amide bonds. The number of rotatable bonds is 2. The third-order valence-electron chi connectivity index (χ3n) is 3.01. The largest absolute Gasteiger partial charge is 0.496 e. The average Bonchev–Trinajstić information content (AvgIpc) is 2.33. The maximum absolute atomic E-state index is 13.3. The van der Waals surface area contributed by atoms with E-state index < -0.39 is 5.82 Å². The number of hydrogen-bond acceptors (Lipinski definition) is 2. The second kappa shape index (κ2) is 5.02. The van der Waals surface area contributed by atoms with Gasteiger partial charge in [-0.3, -0.25) is 0 Å². The summed E-state index contributed by atoms with van der Waals surface area (Å²) in [5, 5.41) is 3.49. The fraction of sp³-hybridized carbons (Fsp3) is 0.500. The molecule has 0 radical (unpaired) electrons. The van der Waals surface area contributed by atoms with E-state index in [9.17, 15) is 4.39 Å². The Bertz CT molecular complexity index is 378. The van der Waals surface area contributed by atoms with E-state index in [1.165, 1.54) is 6.07 Å². The summed E-state index contributed by atoms with van der Waals surface area (Å²) in [6, 6.07) is 3.06. The molecule has 0 spiro atoms. The number of piperidine rings is 1. The number of hydrogen-bond donors (Lipinski definition) is 1. The normalized spacial score (nSPS) is 20.8. The van der Waals surface area contributed by atoms with Gasteiger partial charge in [0.25, 0.3) is 0 Å². The van der Waals surface area contributed by atoms with Gasteiger partial charge < -0.3 is 10.1 Å². The fourth-order valence-electron chi connectivity index (χ4n) is 2.16. The van der Waals surface area contributed by atoms with Crippen molar-refractivity contribution >= 4 is 11.6 Å². The van der Waals surface area contributed by atoms with Gasteiger partial charge in [0.1, 0.15) is 11.6 Å². The molecule has 1 saturated heterocycles. The van der Waals surface area contributed by atoms with Gasteiger partial charge in [-0.15, -0.1) is 0 Å². The molecule has 88 valence electrons. The van der Waals surface area contributed by atoms with Crippen molar-refractivity contribution in [1.82, 2.24) is 5.32 Å². The zero-order valence-electron chi connectivity index (χ0n) is 9.22. The highest BCUT2D eigenvalue weighted by Gasteiger charge is 2.20. The lowest BCUT2D eigenvalue weighted by molar-refractivity contribution is 0.389. The Balaban J connectivity index is 2.33. The van der Waals surface area contributed by atoms with E-state index in [1.807, 2.05) is 0 Å². The molecule has 0 aromatic heterocycles. The van der Waals surface area contributed by atoms with Gasteiger partial charge in [0, 0.05) is 24.1 Å². The molecule has 1 aliphatic heterocycles. The molecule has 1 N–H and O–H groups in total. The van der Waals surface area contributed by atoms with Crippen LogP contribution in [0.3, 0.4) is 0 Å². The summed E-state index contributed by atoms with van der Waals surface area (Å²) in [6.07, 6.45) is 2.22. The molecule has 2 rings (SSSR count). The highest BCUT2D eigenvalue weighted by atomic mass is 35.5. The van der Waals surface area contributed by atoms with Crippen LogP contribution in [0.1, 0.15) is 24.3 Å². The first-order valence-electron chi connectivity index (χ1n) is 5.46. The fourth-order valence-corrected chi connectivity index (χ4v) is 2.33. The first kappa shape index (κ1) is 11.7. The Kier molecular flexibility index (Phi) is 3.66. The van der Waals surface area contributed by atoms with E-state index in [0.29, 0.717) is 11.7 Å². The van der Waals surface area contributed by atoms with Gasteiger partial charge in [0.15, 0.2) is 0 Å². The molecule has 1 heterocycles. The third-order valence-corrected chi connectivity index (χ3v) is 3.30. The van der Waals surface area contributed by atoms with Crippen molar-refractivity contribution in [3.8, 4) is 5.75 Å². The van der Waals surface area contributed by atoms with Crippen molar-refractivity contribution in [3.05, 3.63) is 28.5 Å². The minimum atomic E-state index is -0.425. The summed E-state index contributed by atoms with van der Waals surface area (Å²) in [5.41, 5.74) is 1.00. The van der Waals surface area contributed by atoms with Crippen molar-refractivity contribution in [2.24, 2.45) is 0 Å². The molecular formula is C12H15ClFNO. The van der Waals surface area contributed by atoms with Gasteiger partial charge in [-0.1, -0.05) is 11.6 Å². The second-order valence-corrected chi connectivity index (χ2v) is 4.46. The third kappa shape index (κ3) is 2.30. The Morgan fingerprint density at radius 3 is 2.94 bits per heavy atom. The zero-order valence-corrected chi connectivity index (χ0v) is 9.98. The first-order valence-corrected chi connectivity index (χ1v) is 5.84. The lowest BCUT2D eigenvalue weighted by Gasteiger charge is -2.24. The summed E-state index contributed by atoms with van der Waals surface area (Å²) in [7, 11) is 1.56. The maximum Gasteiger partial charge on any atom is 0.145 e. The maximum atomic E-state index is 13.3. The van der Waals surface area contributed by atoms with Crippen LogP contribution in [0.5, 0.6) is 5.75 Å². The van der Waals surface area contributed by atoms with Crippen LogP contribution in [-0.4, -0.2) is 20.2 Å². The van der Waals surface area contributed by atoms with Gasteiger partial charge in [-0.05, 0) is 25.5 Å². The molecular weight excluding hydrogens is 229 g/mol. The van der Waals surface area contributed by atoms with Crippen LogP contribution >= 0.6 is 11.6 Å². The predicted molar refractivity (Wildman–Crippen MR) is 62.8 cm³/mol. The van der Waals surface area contributed by atoms with Gasteiger partial charge in [0.05, 0.1) is 12.1 Å². The highest BCUT2D eigenvalue weighted by Crippen LogP contribution is 2.34. The van der Waals surface area contributed by atoms with Gasteiger partial charge in [0.2, 0.25) is 0 Å². The number of halogens is 2. The summed E-state index contributed by atoms with van der Waals surface area (Å²) < 4.78 is 18.5. The van der Waals surface area contributed by atoms with Crippen molar-refractivity contribution in [3.63, 3.8) is 0 Å². The van der Waals surface area contributed by atoms with Crippen molar-refractivity contribution < 1.29 is 9.13 Å². The molecule has 1 aromatic rings. The molecule has 1 unspecified atom stereocenters. The summed E-state index contributed by atoms with van der Waals surface area (Å²) in [6.45, 7) is 1.95. The van der Waals surface area contributed by atoms with Crippen molar-refractivity contribution in [2.75, 3.05) is 20.2 Å². The molecule has 4 heteroatoms. The Hall–Kier alpha value is -0.800. The second-order valence-electron chi connectivity index (χ2n) is 4.05. The van der Waals surface area contributed by atoms with E-state index in [-0.39, 0.29) is 5.02 Å². The first-order chi connectivity index (χ1) is 7.72. The molecule has 1 atom stereocenters. The zero-order chi connectivity index (χ0) is 11.5. The lowest BCUT2D eigenvalue weighted by atomic mass is 9.91. The number of ether oxygens (including phenoxy) is 1. The monoisotopic (exact) mass is 243 g/mol. The van der Waals surface area contributed by atoms with Crippen LogP contribution in [0.4, 0.5) is 4.39 Å². The molecule has 16 heavy (non-hydrogen) atoms. The predicted octanol–water partition coefficient (Wildman–Crippen LogP) is 2.95. The molecule has 1 aliphatic rings. The SMILES string of the molecule is COc1cc(F)c(Cl)cc1C1CCCNC1. The standard InChI is InChI=1S/C12H15ClFNO/c1-16-12-6-11(14)10(13)5-9(12)8-3-2-4-15-7-8/h5-6,8,15H,2-4,7H2,1H3. The van der Waals surface area contributed by atoms with E-state index in [2.05, 4.69) is 5.32 Å². The minimum absolute atomic E-state index is 0.168. The molecule has 1 fully saturated rings. The molecule has 0 saturated carbocycles. The Morgan fingerprint density at radius 2 is 2.31 bits per heavy atom. The van der Waals surface area contributed by atoms with Crippen LogP contribution < -0.4 is 10.1 Å². The number of methoxy groups -OCH3 is 1. The van der Waals surface area contributed by atoms with E-state index >= 15 is 0 Å². The van der Waals surface area contributed by atoms with E-state index in [0.717, 1.165) is 31.5 Å². The minimum Gasteiger partial charge on any atom is -0.496 e. The molecule has 0 aliphatic carbocycles. The lowest BCUT2D eigenvalue weighted by Crippen LogP contribution is -2.28. The molecule has 0 bridgehead atoms. The van der Waals surface area contributed by atoms with E-state index in [4.69, 9.17) is 16.3 Å². The molecule has 2 nitrogen and oxygen atoms in total.